The molecule has 104 valence electrons. The summed E-state index contributed by atoms with van der Waals surface area (Å²) < 4.78 is 0. The van der Waals surface area contributed by atoms with Crippen molar-refractivity contribution in [3.63, 3.8) is 0 Å². The molecule has 1 atom stereocenters. The molecular weight excluding hydrogens is 238 g/mol. The summed E-state index contributed by atoms with van der Waals surface area (Å²) in [6, 6.07) is 9.34. The molecule has 0 radical (unpaired) electrons. The Kier molecular flexibility index (Phi) is 4.56. The van der Waals surface area contributed by atoms with Gasteiger partial charge in [0.25, 0.3) is 0 Å². The number of carbonyl (C=O) groups excluding carboxylic acids is 1. The maximum Gasteiger partial charge on any atom is 0.244 e. The van der Waals surface area contributed by atoms with Gasteiger partial charge in [-0.2, -0.15) is 0 Å². The highest BCUT2D eigenvalue weighted by Crippen LogP contribution is 2.18. The molecule has 4 heteroatoms. The first-order valence-corrected chi connectivity index (χ1v) is 6.85. The molecule has 1 unspecified atom stereocenters. The fourth-order valence-corrected chi connectivity index (χ4v) is 2.58. The molecule has 1 heterocycles. The molecule has 0 spiro atoms. The fourth-order valence-electron chi connectivity index (χ4n) is 2.58. The summed E-state index contributed by atoms with van der Waals surface area (Å²) in [6.45, 7) is 2.09. The molecule has 1 aliphatic rings. The molecule has 1 aliphatic heterocycles. The molecule has 1 aromatic rings. The van der Waals surface area contributed by atoms with Crippen LogP contribution < -0.4 is 5.73 Å². The van der Waals surface area contributed by atoms with Crippen LogP contribution in [0.1, 0.15) is 24.4 Å². The summed E-state index contributed by atoms with van der Waals surface area (Å²) in [5.74, 6) is 0.0146. The van der Waals surface area contributed by atoms with E-state index >= 15 is 0 Å². The summed E-state index contributed by atoms with van der Waals surface area (Å²) in [7, 11) is 3.99. The van der Waals surface area contributed by atoms with Crippen molar-refractivity contribution in [2.45, 2.75) is 24.9 Å². The van der Waals surface area contributed by atoms with Gasteiger partial charge in [0.05, 0.1) is 0 Å². The van der Waals surface area contributed by atoms with Crippen LogP contribution in [0.2, 0.25) is 0 Å². The molecule has 1 saturated heterocycles. The summed E-state index contributed by atoms with van der Waals surface area (Å²) in [6.07, 6.45) is 2.06. The minimum atomic E-state index is -0.550. The van der Waals surface area contributed by atoms with Crippen molar-refractivity contribution in [1.29, 1.82) is 0 Å². The molecule has 4 nitrogen and oxygen atoms in total. The minimum absolute atomic E-state index is 0.0146. The zero-order valence-electron chi connectivity index (χ0n) is 11.7. The number of rotatable bonds is 3. The van der Waals surface area contributed by atoms with Crippen molar-refractivity contribution >= 4 is 5.91 Å². The number of likely N-dealkylation sites (N-methyl/N-ethyl adjacent to an activating group) is 1. The predicted octanol–water partition coefficient (Wildman–Crippen LogP) is 1.24. The lowest BCUT2D eigenvalue weighted by Crippen LogP contribution is -2.47. The van der Waals surface area contributed by atoms with E-state index in [1.807, 2.05) is 42.3 Å². The van der Waals surface area contributed by atoms with Gasteiger partial charge in [-0.1, -0.05) is 30.3 Å². The van der Waals surface area contributed by atoms with Crippen molar-refractivity contribution in [3.8, 4) is 0 Å². The van der Waals surface area contributed by atoms with Gasteiger partial charge in [0.15, 0.2) is 0 Å². The molecule has 0 saturated carbocycles. The SMILES string of the molecule is CN1CCC(N(C)C(=O)C(N)c2ccccc2)CC1. The number of likely N-dealkylation sites (tertiary alicyclic amines) is 1. The third kappa shape index (κ3) is 3.33. The summed E-state index contributed by atoms with van der Waals surface area (Å²) in [5.41, 5.74) is 6.95. The van der Waals surface area contributed by atoms with E-state index in [4.69, 9.17) is 5.73 Å². The summed E-state index contributed by atoms with van der Waals surface area (Å²) >= 11 is 0. The maximum atomic E-state index is 12.4. The second-order valence-corrected chi connectivity index (χ2v) is 5.37. The molecule has 2 rings (SSSR count). The summed E-state index contributed by atoms with van der Waals surface area (Å²) in [5, 5.41) is 0. The van der Waals surface area contributed by atoms with E-state index in [-0.39, 0.29) is 5.91 Å². The molecule has 1 aromatic carbocycles. The zero-order valence-corrected chi connectivity index (χ0v) is 11.7. The van der Waals surface area contributed by atoms with Crippen LogP contribution in [0.25, 0.3) is 0 Å². The highest BCUT2D eigenvalue weighted by Gasteiger charge is 2.27. The molecule has 0 aliphatic carbocycles. The zero-order chi connectivity index (χ0) is 13.8. The van der Waals surface area contributed by atoms with Crippen LogP contribution in [0.4, 0.5) is 0 Å². The van der Waals surface area contributed by atoms with Crippen molar-refractivity contribution in [2.24, 2.45) is 5.73 Å². The molecule has 2 N–H and O–H groups in total. The van der Waals surface area contributed by atoms with E-state index in [0.29, 0.717) is 6.04 Å². The van der Waals surface area contributed by atoms with Crippen LogP contribution in [-0.2, 0) is 4.79 Å². The lowest BCUT2D eigenvalue weighted by molar-refractivity contribution is -0.134. The first-order valence-electron chi connectivity index (χ1n) is 6.85. The first kappa shape index (κ1) is 14.0. The number of nitrogens with two attached hydrogens (primary N) is 1. The monoisotopic (exact) mass is 261 g/mol. The Morgan fingerprint density at radius 3 is 2.47 bits per heavy atom. The molecule has 19 heavy (non-hydrogen) atoms. The minimum Gasteiger partial charge on any atom is -0.341 e. The van der Waals surface area contributed by atoms with Crippen LogP contribution in [-0.4, -0.2) is 48.9 Å². The van der Waals surface area contributed by atoms with Gasteiger partial charge in [-0.15, -0.1) is 0 Å². The maximum absolute atomic E-state index is 12.4. The van der Waals surface area contributed by atoms with Gasteiger partial charge in [0.1, 0.15) is 6.04 Å². The normalized spacial score (nSPS) is 19.1. The van der Waals surface area contributed by atoms with E-state index in [1.165, 1.54) is 0 Å². The quantitative estimate of drug-likeness (QED) is 0.890. The van der Waals surface area contributed by atoms with Gasteiger partial charge in [-0.3, -0.25) is 4.79 Å². The van der Waals surface area contributed by atoms with Crippen molar-refractivity contribution in [3.05, 3.63) is 35.9 Å². The highest BCUT2D eigenvalue weighted by molar-refractivity contribution is 5.83. The Hall–Kier alpha value is -1.39. The Balaban J connectivity index is 1.99. The summed E-state index contributed by atoms with van der Waals surface area (Å²) in [4.78, 5) is 16.5. The topological polar surface area (TPSA) is 49.6 Å². The molecule has 0 aromatic heterocycles. The van der Waals surface area contributed by atoms with Gasteiger partial charge in [-0.25, -0.2) is 0 Å². The Bertz CT molecular complexity index is 413. The molecule has 1 fully saturated rings. The lowest BCUT2D eigenvalue weighted by Gasteiger charge is -2.36. The van der Waals surface area contributed by atoms with Gasteiger partial charge in [0, 0.05) is 13.1 Å². The van der Waals surface area contributed by atoms with E-state index in [9.17, 15) is 4.79 Å². The smallest absolute Gasteiger partial charge is 0.244 e. The third-order valence-electron chi connectivity index (χ3n) is 4.01. The van der Waals surface area contributed by atoms with Gasteiger partial charge < -0.3 is 15.5 Å². The second kappa shape index (κ2) is 6.17. The Labute approximate surface area is 115 Å². The van der Waals surface area contributed by atoms with Gasteiger partial charge >= 0.3 is 0 Å². The fraction of sp³-hybridized carbons (Fsp3) is 0.533. The standard InChI is InChI=1S/C15H23N3O/c1-17-10-8-13(9-11-17)18(2)15(19)14(16)12-6-4-3-5-7-12/h3-7,13-14H,8-11,16H2,1-2H3. The Morgan fingerprint density at radius 1 is 1.32 bits per heavy atom. The number of hydrogen-bond donors (Lipinski definition) is 1. The van der Waals surface area contributed by atoms with E-state index < -0.39 is 6.04 Å². The molecular formula is C15H23N3O. The highest BCUT2D eigenvalue weighted by atomic mass is 16.2. The average molecular weight is 261 g/mol. The number of benzene rings is 1. The lowest BCUT2D eigenvalue weighted by atomic mass is 10.0. The first-order chi connectivity index (χ1) is 9.09. The van der Waals surface area contributed by atoms with Crippen LogP contribution in [0.5, 0.6) is 0 Å². The van der Waals surface area contributed by atoms with Crippen molar-refractivity contribution in [2.75, 3.05) is 27.2 Å². The van der Waals surface area contributed by atoms with E-state index in [1.54, 1.807) is 0 Å². The van der Waals surface area contributed by atoms with Crippen molar-refractivity contribution in [1.82, 2.24) is 9.80 Å². The predicted molar refractivity (Wildman–Crippen MR) is 76.7 cm³/mol. The van der Waals surface area contributed by atoms with Crippen LogP contribution in [0, 0.1) is 0 Å². The number of hydrogen-bond acceptors (Lipinski definition) is 3. The van der Waals surface area contributed by atoms with Crippen molar-refractivity contribution < 1.29 is 4.79 Å². The van der Waals surface area contributed by atoms with Gasteiger partial charge in [-0.05, 0) is 38.5 Å². The van der Waals surface area contributed by atoms with E-state index in [2.05, 4.69) is 11.9 Å². The van der Waals surface area contributed by atoms with Crippen LogP contribution >= 0.6 is 0 Å². The average Bonchev–Trinajstić information content (AvgIpc) is 2.46. The molecule has 1 amide bonds. The van der Waals surface area contributed by atoms with Crippen LogP contribution in [0.15, 0.2) is 30.3 Å². The number of piperidine rings is 1. The molecule has 0 bridgehead atoms. The third-order valence-corrected chi connectivity index (χ3v) is 4.01. The van der Waals surface area contributed by atoms with E-state index in [0.717, 1.165) is 31.5 Å². The van der Waals surface area contributed by atoms with Crippen LogP contribution in [0.3, 0.4) is 0 Å². The van der Waals surface area contributed by atoms with Gasteiger partial charge in [0.2, 0.25) is 5.91 Å². The Morgan fingerprint density at radius 2 is 1.89 bits per heavy atom. The number of nitrogens with zero attached hydrogens (tertiary/aromatic N) is 2. The largest absolute Gasteiger partial charge is 0.341 e. The second-order valence-electron chi connectivity index (χ2n) is 5.37. The number of amides is 1. The number of carbonyl (C=O) groups is 1.